The smallest absolute Gasteiger partial charge is 0.326 e. The zero-order valence-corrected chi connectivity index (χ0v) is 14.8. The molecule has 1 unspecified atom stereocenters. The van der Waals surface area contributed by atoms with Crippen molar-refractivity contribution in [2.75, 3.05) is 32.8 Å². The molecule has 1 atom stereocenters. The van der Waals surface area contributed by atoms with Gasteiger partial charge in [0, 0.05) is 25.7 Å². The van der Waals surface area contributed by atoms with Crippen molar-refractivity contribution in [3.8, 4) is 0 Å². The number of likely N-dealkylation sites (tertiary alicyclic amines) is 1. The third kappa shape index (κ3) is 3.44. The van der Waals surface area contributed by atoms with E-state index in [1.807, 2.05) is 33.7 Å². The monoisotopic (exact) mass is 366 g/mol. The van der Waals surface area contributed by atoms with Crippen LogP contribution in [0.25, 0.3) is 11.0 Å². The molecule has 2 N–H and O–H groups in total. The van der Waals surface area contributed by atoms with E-state index in [2.05, 4.69) is 10.3 Å². The highest BCUT2D eigenvalue weighted by Crippen LogP contribution is 2.25. The van der Waals surface area contributed by atoms with E-state index >= 15 is 0 Å². The predicted octanol–water partition coefficient (Wildman–Crippen LogP) is 0.903. The highest BCUT2D eigenvalue weighted by atomic mass is 35.5. The Kier molecular flexibility index (Phi) is 5.46. The van der Waals surface area contributed by atoms with Gasteiger partial charge in [-0.05, 0) is 25.0 Å². The van der Waals surface area contributed by atoms with Gasteiger partial charge < -0.3 is 19.9 Å². The van der Waals surface area contributed by atoms with Crippen molar-refractivity contribution in [2.24, 2.45) is 0 Å². The van der Waals surface area contributed by atoms with Crippen LogP contribution in [0, 0.1) is 0 Å². The van der Waals surface area contributed by atoms with Gasteiger partial charge in [-0.25, -0.2) is 4.79 Å². The van der Waals surface area contributed by atoms with Crippen LogP contribution in [-0.4, -0.2) is 59.2 Å². The fraction of sp³-hybridized carbons (Fsp3) is 0.529. The number of H-pyrrole nitrogens is 1. The SMILES string of the molecule is Cl.O=C(C1COCCN1)N1CCC(n2c(=O)[nH]c3ccccc32)CC1. The predicted molar refractivity (Wildman–Crippen MR) is 97.3 cm³/mol. The van der Waals surface area contributed by atoms with Gasteiger partial charge >= 0.3 is 5.69 Å². The van der Waals surface area contributed by atoms with Crippen LogP contribution in [0.3, 0.4) is 0 Å². The number of hydrogen-bond donors (Lipinski definition) is 2. The summed E-state index contributed by atoms with van der Waals surface area (Å²) in [6.45, 7) is 3.18. The largest absolute Gasteiger partial charge is 0.378 e. The molecule has 1 aromatic carbocycles. The zero-order chi connectivity index (χ0) is 16.5. The standard InChI is InChI=1S/C17H22N4O3.ClH/c22-16(14-11-24-10-7-18-14)20-8-5-12(6-9-20)21-15-4-2-1-3-13(15)19-17(21)23;/h1-4,12,14,18H,5-11H2,(H,19,23);1H. The Balaban J connectivity index is 0.00000182. The van der Waals surface area contributed by atoms with Gasteiger partial charge in [-0.3, -0.25) is 9.36 Å². The van der Waals surface area contributed by atoms with Crippen molar-refractivity contribution >= 4 is 29.3 Å². The first-order valence-corrected chi connectivity index (χ1v) is 8.53. The molecule has 2 aliphatic heterocycles. The Morgan fingerprint density at radius 2 is 1.96 bits per heavy atom. The van der Waals surface area contributed by atoms with E-state index in [4.69, 9.17) is 4.74 Å². The molecule has 136 valence electrons. The van der Waals surface area contributed by atoms with Crippen molar-refractivity contribution in [1.29, 1.82) is 0 Å². The summed E-state index contributed by atoms with van der Waals surface area (Å²) in [4.78, 5) is 29.6. The lowest BCUT2D eigenvalue weighted by Gasteiger charge is -2.35. The van der Waals surface area contributed by atoms with Crippen molar-refractivity contribution in [1.82, 2.24) is 19.8 Å². The molecule has 2 aromatic rings. The number of imidazole rings is 1. The van der Waals surface area contributed by atoms with Crippen LogP contribution >= 0.6 is 12.4 Å². The summed E-state index contributed by atoms with van der Waals surface area (Å²) in [5.74, 6) is 0.111. The highest BCUT2D eigenvalue weighted by Gasteiger charge is 2.30. The van der Waals surface area contributed by atoms with Crippen LogP contribution in [-0.2, 0) is 9.53 Å². The molecular formula is C17H23ClN4O3. The van der Waals surface area contributed by atoms with E-state index in [0.717, 1.165) is 30.4 Å². The topological polar surface area (TPSA) is 79.4 Å². The minimum absolute atomic E-state index is 0. The lowest BCUT2D eigenvalue weighted by Crippen LogP contribution is -2.54. The summed E-state index contributed by atoms with van der Waals surface area (Å²) in [5.41, 5.74) is 1.74. The van der Waals surface area contributed by atoms with E-state index in [1.54, 1.807) is 0 Å². The maximum Gasteiger partial charge on any atom is 0.326 e. The number of piperidine rings is 1. The number of morpholine rings is 1. The number of amides is 1. The number of hydrogen-bond acceptors (Lipinski definition) is 4. The fourth-order valence-corrected chi connectivity index (χ4v) is 3.73. The average Bonchev–Trinajstić information content (AvgIpc) is 2.98. The molecule has 0 saturated carbocycles. The van der Waals surface area contributed by atoms with E-state index in [1.165, 1.54) is 0 Å². The fourth-order valence-electron chi connectivity index (χ4n) is 3.73. The van der Waals surface area contributed by atoms with E-state index in [9.17, 15) is 9.59 Å². The summed E-state index contributed by atoms with van der Waals surface area (Å²) in [6, 6.07) is 7.65. The maximum atomic E-state index is 12.5. The Hall–Kier alpha value is -1.83. The zero-order valence-electron chi connectivity index (χ0n) is 13.9. The van der Waals surface area contributed by atoms with Gasteiger partial charge in [0.2, 0.25) is 5.91 Å². The molecule has 0 radical (unpaired) electrons. The van der Waals surface area contributed by atoms with Crippen molar-refractivity contribution < 1.29 is 9.53 Å². The number of nitrogens with one attached hydrogen (secondary N) is 2. The minimum Gasteiger partial charge on any atom is -0.378 e. The minimum atomic E-state index is -0.230. The molecule has 1 amide bonds. The summed E-state index contributed by atoms with van der Waals surface area (Å²) in [7, 11) is 0. The van der Waals surface area contributed by atoms with Crippen LogP contribution in [0.15, 0.2) is 29.1 Å². The van der Waals surface area contributed by atoms with Gasteiger partial charge in [-0.15, -0.1) is 12.4 Å². The number of rotatable bonds is 2. The van der Waals surface area contributed by atoms with Gasteiger partial charge in [0.05, 0.1) is 24.2 Å². The molecule has 2 saturated heterocycles. The molecule has 4 rings (SSSR count). The number of halogens is 1. The van der Waals surface area contributed by atoms with Gasteiger partial charge in [0.15, 0.2) is 0 Å². The molecule has 1 aromatic heterocycles. The lowest BCUT2D eigenvalue weighted by atomic mass is 10.0. The van der Waals surface area contributed by atoms with E-state index in [-0.39, 0.29) is 36.1 Å². The number of para-hydroxylation sites is 2. The van der Waals surface area contributed by atoms with Crippen LogP contribution in [0.5, 0.6) is 0 Å². The molecule has 0 spiro atoms. The second kappa shape index (κ2) is 7.59. The van der Waals surface area contributed by atoms with Crippen molar-refractivity contribution in [3.05, 3.63) is 34.7 Å². The van der Waals surface area contributed by atoms with Crippen molar-refractivity contribution in [2.45, 2.75) is 24.9 Å². The van der Waals surface area contributed by atoms with Gasteiger partial charge in [-0.2, -0.15) is 0 Å². The molecule has 8 heteroatoms. The van der Waals surface area contributed by atoms with Crippen LogP contribution in [0.2, 0.25) is 0 Å². The summed E-state index contributed by atoms with van der Waals surface area (Å²) in [5, 5.41) is 3.21. The number of carbonyl (C=O) groups is 1. The van der Waals surface area contributed by atoms with Gasteiger partial charge in [0.25, 0.3) is 0 Å². The van der Waals surface area contributed by atoms with E-state index in [0.29, 0.717) is 26.3 Å². The summed E-state index contributed by atoms with van der Waals surface area (Å²) >= 11 is 0. The maximum absolute atomic E-state index is 12.5. The number of benzene rings is 1. The molecule has 3 heterocycles. The Morgan fingerprint density at radius 1 is 1.20 bits per heavy atom. The van der Waals surface area contributed by atoms with Gasteiger partial charge in [-0.1, -0.05) is 12.1 Å². The molecule has 0 bridgehead atoms. The normalized spacial score (nSPS) is 21.9. The van der Waals surface area contributed by atoms with Crippen LogP contribution in [0.1, 0.15) is 18.9 Å². The molecule has 7 nitrogen and oxygen atoms in total. The first kappa shape index (κ1) is 18.0. The summed E-state index contributed by atoms with van der Waals surface area (Å²) in [6.07, 6.45) is 1.59. The Bertz CT molecular complexity index is 789. The molecule has 2 aliphatic rings. The molecule has 2 fully saturated rings. The first-order chi connectivity index (χ1) is 11.7. The third-order valence-electron chi connectivity index (χ3n) is 4.99. The number of aromatic amines is 1. The number of ether oxygens (including phenoxy) is 1. The lowest BCUT2D eigenvalue weighted by molar-refractivity contribution is -0.137. The molecule has 25 heavy (non-hydrogen) atoms. The Morgan fingerprint density at radius 3 is 2.68 bits per heavy atom. The second-order valence-electron chi connectivity index (χ2n) is 6.46. The van der Waals surface area contributed by atoms with E-state index < -0.39 is 0 Å². The highest BCUT2D eigenvalue weighted by molar-refractivity contribution is 5.85. The number of carbonyl (C=O) groups excluding carboxylic acids is 1. The number of fused-ring (bicyclic) bond motifs is 1. The third-order valence-corrected chi connectivity index (χ3v) is 4.99. The first-order valence-electron chi connectivity index (χ1n) is 8.53. The van der Waals surface area contributed by atoms with Gasteiger partial charge in [0.1, 0.15) is 6.04 Å². The molecular weight excluding hydrogens is 344 g/mol. The summed E-state index contributed by atoms with van der Waals surface area (Å²) < 4.78 is 7.22. The quantitative estimate of drug-likeness (QED) is 0.827. The number of nitrogens with zero attached hydrogens (tertiary/aromatic N) is 2. The number of aromatic nitrogens is 2. The van der Waals surface area contributed by atoms with Crippen molar-refractivity contribution in [3.63, 3.8) is 0 Å². The molecule has 0 aliphatic carbocycles. The second-order valence-corrected chi connectivity index (χ2v) is 6.46. The van der Waals surface area contributed by atoms with Crippen LogP contribution < -0.4 is 11.0 Å². The Labute approximate surface area is 151 Å². The van der Waals surface area contributed by atoms with Crippen LogP contribution in [0.4, 0.5) is 0 Å². The average molecular weight is 367 g/mol.